The molecule has 0 unspecified atom stereocenters. The van der Waals surface area contributed by atoms with Crippen LogP contribution in [0.3, 0.4) is 0 Å². The Morgan fingerprint density at radius 2 is 1.79 bits per heavy atom. The van der Waals surface area contributed by atoms with E-state index in [1.54, 1.807) is 24.3 Å². The van der Waals surface area contributed by atoms with Gasteiger partial charge in [-0.25, -0.2) is 4.79 Å². The monoisotopic (exact) mass is 346 g/mol. The molecule has 2 rings (SSSR count). The van der Waals surface area contributed by atoms with E-state index in [4.69, 9.17) is 21.1 Å². The minimum atomic E-state index is -1.02. The molecule has 0 aliphatic carbocycles. The summed E-state index contributed by atoms with van der Waals surface area (Å²) in [5, 5.41) is 9.87. The van der Waals surface area contributed by atoms with Crippen LogP contribution in [0.15, 0.2) is 36.4 Å². The standard InChI is InChI=1S/C19H19ClO4/c1-4-12-5-7-13(8-6-12)15(19(21)22)11-14-9-10-16(23-2)18(24-3)17(14)20/h5-11H,4H2,1-3H3,(H,21,22)/b15-11-. The van der Waals surface area contributed by atoms with Gasteiger partial charge in [0.1, 0.15) is 0 Å². The normalized spacial score (nSPS) is 11.2. The highest BCUT2D eigenvalue weighted by Gasteiger charge is 2.15. The van der Waals surface area contributed by atoms with Crippen LogP contribution in [-0.4, -0.2) is 25.3 Å². The SMILES string of the molecule is CCc1ccc(/C(=C/c2ccc(OC)c(OC)c2Cl)C(=O)O)cc1. The van der Waals surface area contributed by atoms with Gasteiger partial charge in [0, 0.05) is 0 Å². The molecule has 1 N–H and O–H groups in total. The Labute approximate surface area is 146 Å². The molecule has 24 heavy (non-hydrogen) atoms. The second-order valence-corrected chi connectivity index (χ2v) is 5.50. The molecule has 2 aromatic carbocycles. The van der Waals surface area contributed by atoms with Crippen LogP contribution in [0.25, 0.3) is 11.6 Å². The molecule has 0 saturated heterocycles. The summed E-state index contributed by atoms with van der Waals surface area (Å²) in [6, 6.07) is 10.8. The summed E-state index contributed by atoms with van der Waals surface area (Å²) in [4.78, 5) is 11.7. The lowest BCUT2D eigenvalue weighted by atomic mass is 10.0. The van der Waals surface area contributed by atoms with E-state index in [1.165, 1.54) is 20.3 Å². The maximum atomic E-state index is 11.7. The first-order valence-electron chi connectivity index (χ1n) is 7.46. The number of hydrogen-bond donors (Lipinski definition) is 1. The van der Waals surface area contributed by atoms with Crippen molar-refractivity contribution in [3.8, 4) is 11.5 Å². The summed E-state index contributed by atoms with van der Waals surface area (Å²) in [6.45, 7) is 2.05. The van der Waals surface area contributed by atoms with Crippen molar-refractivity contribution in [2.24, 2.45) is 0 Å². The molecular formula is C19H19ClO4. The van der Waals surface area contributed by atoms with Crippen LogP contribution in [0.1, 0.15) is 23.6 Å². The van der Waals surface area contributed by atoms with Crippen molar-refractivity contribution in [2.75, 3.05) is 14.2 Å². The average Bonchev–Trinajstić information content (AvgIpc) is 2.60. The fourth-order valence-corrected chi connectivity index (χ4v) is 2.65. The van der Waals surface area contributed by atoms with Crippen LogP contribution in [0.5, 0.6) is 11.5 Å². The van der Waals surface area contributed by atoms with E-state index >= 15 is 0 Å². The maximum Gasteiger partial charge on any atom is 0.336 e. The van der Waals surface area contributed by atoms with Crippen LogP contribution < -0.4 is 9.47 Å². The van der Waals surface area contributed by atoms with E-state index in [9.17, 15) is 9.90 Å². The van der Waals surface area contributed by atoms with Gasteiger partial charge in [-0.2, -0.15) is 0 Å². The van der Waals surface area contributed by atoms with E-state index in [0.29, 0.717) is 27.6 Å². The molecule has 0 aliphatic rings. The Morgan fingerprint density at radius 3 is 2.29 bits per heavy atom. The van der Waals surface area contributed by atoms with Gasteiger partial charge in [0.25, 0.3) is 0 Å². The smallest absolute Gasteiger partial charge is 0.336 e. The van der Waals surface area contributed by atoms with Gasteiger partial charge >= 0.3 is 5.97 Å². The minimum absolute atomic E-state index is 0.159. The number of carboxylic acid groups (broad SMARTS) is 1. The lowest BCUT2D eigenvalue weighted by Gasteiger charge is -2.12. The van der Waals surface area contributed by atoms with Gasteiger partial charge in [0.2, 0.25) is 0 Å². The Bertz CT molecular complexity index is 764. The molecule has 0 aromatic heterocycles. The summed E-state index contributed by atoms with van der Waals surface area (Å²) in [5.74, 6) is -0.159. The zero-order valence-corrected chi connectivity index (χ0v) is 14.6. The van der Waals surface area contributed by atoms with E-state index < -0.39 is 5.97 Å². The van der Waals surface area contributed by atoms with Crippen molar-refractivity contribution in [1.29, 1.82) is 0 Å². The number of carbonyl (C=O) groups is 1. The van der Waals surface area contributed by atoms with Crippen LogP contribution in [0.2, 0.25) is 5.02 Å². The molecule has 0 amide bonds. The minimum Gasteiger partial charge on any atom is -0.493 e. The first-order valence-corrected chi connectivity index (χ1v) is 7.84. The third-order valence-corrected chi connectivity index (χ3v) is 4.11. The Kier molecular flexibility index (Phi) is 5.88. The van der Waals surface area contributed by atoms with Crippen molar-refractivity contribution in [3.63, 3.8) is 0 Å². The summed E-state index contributed by atoms with van der Waals surface area (Å²) >= 11 is 6.33. The second kappa shape index (κ2) is 7.88. The first kappa shape index (κ1) is 17.9. The summed E-state index contributed by atoms with van der Waals surface area (Å²) in [7, 11) is 3.00. The fraction of sp³-hybridized carbons (Fsp3) is 0.211. The molecule has 0 radical (unpaired) electrons. The lowest BCUT2D eigenvalue weighted by Crippen LogP contribution is -2.00. The van der Waals surface area contributed by atoms with Gasteiger partial charge in [0.15, 0.2) is 11.5 Å². The van der Waals surface area contributed by atoms with Gasteiger partial charge in [-0.1, -0.05) is 42.8 Å². The largest absolute Gasteiger partial charge is 0.493 e. The topological polar surface area (TPSA) is 55.8 Å². The van der Waals surface area contributed by atoms with Crippen molar-refractivity contribution in [2.45, 2.75) is 13.3 Å². The van der Waals surface area contributed by atoms with Gasteiger partial charge in [0.05, 0.1) is 24.8 Å². The number of halogens is 1. The second-order valence-electron chi connectivity index (χ2n) is 5.12. The van der Waals surface area contributed by atoms with Gasteiger partial charge in [-0.3, -0.25) is 0 Å². The van der Waals surface area contributed by atoms with E-state index in [2.05, 4.69) is 0 Å². The number of benzene rings is 2. The zero-order chi connectivity index (χ0) is 17.7. The first-order chi connectivity index (χ1) is 11.5. The van der Waals surface area contributed by atoms with Crippen molar-refractivity contribution >= 4 is 29.2 Å². The number of aliphatic carboxylic acids is 1. The predicted octanol–water partition coefficient (Wildman–Crippen LogP) is 4.54. The van der Waals surface area contributed by atoms with Crippen molar-refractivity contribution in [1.82, 2.24) is 0 Å². The Balaban J connectivity index is 2.53. The number of hydrogen-bond acceptors (Lipinski definition) is 3. The molecule has 0 atom stereocenters. The highest BCUT2D eigenvalue weighted by Crippen LogP contribution is 2.38. The van der Waals surface area contributed by atoms with Crippen molar-refractivity contribution < 1.29 is 19.4 Å². The summed E-state index contributed by atoms with van der Waals surface area (Å²) < 4.78 is 10.4. The molecule has 0 fully saturated rings. The van der Waals surface area contributed by atoms with Gasteiger partial charge in [-0.15, -0.1) is 0 Å². The number of ether oxygens (including phenoxy) is 2. The van der Waals surface area contributed by atoms with Crippen LogP contribution in [0, 0.1) is 0 Å². The fourth-order valence-electron chi connectivity index (χ4n) is 2.36. The molecule has 0 heterocycles. The molecular weight excluding hydrogens is 328 g/mol. The Morgan fingerprint density at radius 1 is 1.12 bits per heavy atom. The molecule has 0 spiro atoms. The third-order valence-electron chi connectivity index (χ3n) is 3.72. The molecule has 4 nitrogen and oxygen atoms in total. The highest BCUT2D eigenvalue weighted by molar-refractivity contribution is 6.34. The van der Waals surface area contributed by atoms with Crippen LogP contribution in [0.4, 0.5) is 0 Å². The molecule has 0 aliphatic heterocycles. The predicted molar refractivity (Wildman–Crippen MR) is 95.9 cm³/mol. The summed E-state index contributed by atoms with van der Waals surface area (Å²) in [5.41, 5.74) is 2.47. The molecule has 2 aromatic rings. The molecule has 5 heteroatoms. The Hall–Kier alpha value is -2.46. The lowest BCUT2D eigenvalue weighted by molar-refractivity contribution is -0.130. The maximum absolute atomic E-state index is 11.7. The van der Waals surface area contributed by atoms with E-state index in [1.807, 2.05) is 19.1 Å². The summed E-state index contributed by atoms with van der Waals surface area (Å²) in [6.07, 6.45) is 2.43. The number of rotatable bonds is 6. The highest BCUT2D eigenvalue weighted by atomic mass is 35.5. The van der Waals surface area contributed by atoms with E-state index in [-0.39, 0.29) is 5.57 Å². The quantitative estimate of drug-likeness (QED) is 0.616. The number of carboxylic acids is 1. The van der Waals surface area contributed by atoms with Crippen molar-refractivity contribution in [3.05, 3.63) is 58.1 Å². The van der Waals surface area contributed by atoms with Gasteiger partial charge < -0.3 is 14.6 Å². The van der Waals surface area contributed by atoms with Gasteiger partial charge in [-0.05, 0) is 41.3 Å². The van der Waals surface area contributed by atoms with Crippen LogP contribution in [-0.2, 0) is 11.2 Å². The molecule has 0 bridgehead atoms. The zero-order valence-electron chi connectivity index (χ0n) is 13.8. The molecule has 0 saturated carbocycles. The number of methoxy groups -OCH3 is 2. The average molecular weight is 347 g/mol. The molecule has 126 valence electrons. The van der Waals surface area contributed by atoms with E-state index in [0.717, 1.165) is 12.0 Å². The number of aryl methyl sites for hydroxylation is 1. The van der Waals surface area contributed by atoms with Crippen LogP contribution >= 0.6 is 11.6 Å². The third kappa shape index (κ3) is 3.71.